The summed E-state index contributed by atoms with van der Waals surface area (Å²) in [5.74, 6) is -0.837. The zero-order valence-electron chi connectivity index (χ0n) is 11.2. The third kappa shape index (κ3) is 3.55. The number of nitrogens with zero attached hydrogens (tertiary/aromatic N) is 2. The minimum atomic E-state index is -0.874. The number of nitro groups is 2. The first-order valence-corrected chi connectivity index (χ1v) is 6.75. The summed E-state index contributed by atoms with van der Waals surface area (Å²) in [6.07, 6.45) is 0. The molecular weight excluding hydrogens is 349 g/mol. The van der Waals surface area contributed by atoms with E-state index in [0.717, 1.165) is 12.1 Å². The van der Waals surface area contributed by atoms with Crippen molar-refractivity contribution in [2.75, 3.05) is 5.32 Å². The Bertz CT molecular complexity index is 825. The molecule has 8 nitrogen and oxygen atoms in total. The number of hydrogen-bond acceptors (Lipinski definition) is 5. The Morgan fingerprint density at radius 1 is 1.04 bits per heavy atom. The number of benzene rings is 2. The molecule has 1 N–H and O–H groups in total. The van der Waals surface area contributed by atoms with E-state index >= 15 is 0 Å². The van der Waals surface area contributed by atoms with Gasteiger partial charge in [0.2, 0.25) is 0 Å². The highest BCUT2D eigenvalue weighted by atomic mass is 35.5. The van der Waals surface area contributed by atoms with E-state index in [2.05, 4.69) is 5.32 Å². The zero-order valence-corrected chi connectivity index (χ0v) is 12.7. The van der Waals surface area contributed by atoms with Crippen LogP contribution in [0.15, 0.2) is 36.4 Å². The number of halogens is 2. The van der Waals surface area contributed by atoms with Gasteiger partial charge in [-0.2, -0.15) is 0 Å². The summed E-state index contributed by atoms with van der Waals surface area (Å²) < 4.78 is 0. The molecule has 0 atom stereocenters. The Labute approximate surface area is 138 Å². The highest BCUT2D eigenvalue weighted by Crippen LogP contribution is 2.31. The van der Waals surface area contributed by atoms with E-state index in [-0.39, 0.29) is 21.3 Å². The predicted molar refractivity (Wildman–Crippen MR) is 84.2 cm³/mol. The van der Waals surface area contributed by atoms with Crippen LogP contribution in [0.5, 0.6) is 0 Å². The van der Waals surface area contributed by atoms with Crippen molar-refractivity contribution in [2.24, 2.45) is 0 Å². The van der Waals surface area contributed by atoms with Crippen molar-refractivity contribution in [1.82, 2.24) is 0 Å². The number of nitrogens with one attached hydrogen (secondary N) is 1. The average Bonchev–Trinajstić information content (AvgIpc) is 2.51. The lowest BCUT2D eigenvalue weighted by molar-refractivity contribution is -0.394. The maximum atomic E-state index is 12.2. The van der Waals surface area contributed by atoms with E-state index in [1.807, 2.05) is 0 Å². The fraction of sp³-hybridized carbons (Fsp3) is 0. The second-order valence-corrected chi connectivity index (χ2v) is 5.06. The fourth-order valence-electron chi connectivity index (χ4n) is 1.77. The molecule has 0 fully saturated rings. The number of anilines is 1. The van der Waals surface area contributed by atoms with E-state index in [9.17, 15) is 25.0 Å². The molecule has 2 rings (SSSR count). The van der Waals surface area contributed by atoms with Gasteiger partial charge >= 0.3 is 0 Å². The molecule has 0 aliphatic carbocycles. The molecule has 0 unspecified atom stereocenters. The van der Waals surface area contributed by atoms with Gasteiger partial charge in [0.25, 0.3) is 17.3 Å². The van der Waals surface area contributed by atoms with E-state index in [0.29, 0.717) is 6.07 Å². The van der Waals surface area contributed by atoms with Gasteiger partial charge < -0.3 is 5.32 Å². The number of rotatable bonds is 4. The van der Waals surface area contributed by atoms with Gasteiger partial charge in [-0.1, -0.05) is 29.3 Å². The van der Waals surface area contributed by atoms with Crippen molar-refractivity contribution >= 4 is 46.2 Å². The third-order valence-corrected chi connectivity index (χ3v) is 3.65. The Hall–Kier alpha value is -2.71. The van der Waals surface area contributed by atoms with E-state index in [1.54, 1.807) is 0 Å². The lowest BCUT2D eigenvalue weighted by Crippen LogP contribution is -2.14. The van der Waals surface area contributed by atoms with Crippen molar-refractivity contribution in [2.45, 2.75) is 0 Å². The lowest BCUT2D eigenvalue weighted by Gasteiger charge is -2.08. The maximum Gasteiger partial charge on any atom is 0.289 e. The third-order valence-electron chi connectivity index (χ3n) is 2.83. The van der Waals surface area contributed by atoms with Crippen LogP contribution in [-0.2, 0) is 0 Å². The van der Waals surface area contributed by atoms with Crippen molar-refractivity contribution in [3.63, 3.8) is 0 Å². The first-order valence-electron chi connectivity index (χ1n) is 5.99. The standard InChI is InChI=1S/C13H7Cl2N3O5/c14-9-2-1-3-10(12(9)15)16-13(19)8-5-4-7(17(20)21)6-11(8)18(22)23/h1-6H,(H,16,19). The molecule has 0 spiro atoms. The van der Waals surface area contributed by atoms with Gasteiger partial charge in [0.15, 0.2) is 0 Å². The molecule has 0 aliphatic rings. The average molecular weight is 356 g/mol. The van der Waals surface area contributed by atoms with Crippen molar-refractivity contribution < 1.29 is 14.6 Å². The van der Waals surface area contributed by atoms with Crippen LogP contribution in [0.3, 0.4) is 0 Å². The summed E-state index contributed by atoms with van der Waals surface area (Å²) >= 11 is 11.7. The Morgan fingerprint density at radius 3 is 2.35 bits per heavy atom. The molecule has 0 radical (unpaired) electrons. The molecule has 0 saturated heterocycles. The second-order valence-electron chi connectivity index (χ2n) is 4.27. The van der Waals surface area contributed by atoms with Gasteiger partial charge in [0.1, 0.15) is 5.56 Å². The number of nitro benzene ring substituents is 2. The zero-order chi connectivity index (χ0) is 17.1. The van der Waals surface area contributed by atoms with Crippen LogP contribution in [0.4, 0.5) is 17.1 Å². The van der Waals surface area contributed by atoms with Crippen LogP contribution in [0.2, 0.25) is 10.0 Å². The summed E-state index contributed by atoms with van der Waals surface area (Å²) in [6, 6.07) is 7.23. The highest BCUT2D eigenvalue weighted by Gasteiger charge is 2.24. The van der Waals surface area contributed by atoms with Gasteiger partial charge in [-0.15, -0.1) is 0 Å². The minimum Gasteiger partial charge on any atom is -0.320 e. The predicted octanol–water partition coefficient (Wildman–Crippen LogP) is 4.06. The van der Waals surface area contributed by atoms with Gasteiger partial charge in [-0.25, -0.2) is 0 Å². The summed E-state index contributed by atoms with van der Waals surface area (Å²) in [6.45, 7) is 0. The maximum absolute atomic E-state index is 12.2. The molecule has 0 aromatic heterocycles. The smallest absolute Gasteiger partial charge is 0.289 e. The van der Waals surface area contributed by atoms with Crippen LogP contribution in [0.25, 0.3) is 0 Å². The van der Waals surface area contributed by atoms with Gasteiger partial charge in [0.05, 0.1) is 31.6 Å². The topological polar surface area (TPSA) is 115 Å². The molecule has 2 aromatic carbocycles. The quantitative estimate of drug-likeness (QED) is 0.655. The molecule has 10 heteroatoms. The monoisotopic (exact) mass is 355 g/mol. The Balaban J connectivity index is 2.41. The Kier molecular flexibility index (Phi) is 4.77. The molecule has 0 bridgehead atoms. The second kappa shape index (κ2) is 6.59. The largest absolute Gasteiger partial charge is 0.320 e. The SMILES string of the molecule is O=C(Nc1cccc(Cl)c1Cl)c1ccc([N+](=O)[O-])cc1[N+](=O)[O-]. The molecular formula is C13H7Cl2N3O5. The van der Waals surface area contributed by atoms with Crippen LogP contribution in [0.1, 0.15) is 10.4 Å². The van der Waals surface area contributed by atoms with Gasteiger partial charge in [-0.3, -0.25) is 25.0 Å². The van der Waals surface area contributed by atoms with Crippen LogP contribution >= 0.6 is 23.2 Å². The van der Waals surface area contributed by atoms with Crippen molar-refractivity contribution in [3.05, 3.63) is 72.2 Å². The van der Waals surface area contributed by atoms with Crippen LogP contribution in [0, 0.1) is 20.2 Å². The van der Waals surface area contributed by atoms with Crippen LogP contribution in [-0.4, -0.2) is 15.8 Å². The van der Waals surface area contributed by atoms with Crippen molar-refractivity contribution in [1.29, 1.82) is 0 Å². The summed E-state index contributed by atoms with van der Waals surface area (Å²) in [5, 5.41) is 24.4. The minimum absolute atomic E-state index is 0.0760. The lowest BCUT2D eigenvalue weighted by atomic mass is 10.1. The Morgan fingerprint density at radius 2 is 1.74 bits per heavy atom. The molecule has 2 aromatic rings. The van der Waals surface area contributed by atoms with Gasteiger partial charge in [0, 0.05) is 6.07 Å². The number of carbonyl (C=O) groups excluding carboxylic acids is 1. The molecule has 23 heavy (non-hydrogen) atoms. The van der Waals surface area contributed by atoms with Gasteiger partial charge in [-0.05, 0) is 18.2 Å². The summed E-state index contributed by atoms with van der Waals surface area (Å²) in [5.41, 5.74) is -1.35. The summed E-state index contributed by atoms with van der Waals surface area (Å²) in [4.78, 5) is 32.2. The summed E-state index contributed by atoms with van der Waals surface area (Å²) in [7, 11) is 0. The van der Waals surface area contributed by atoms with Crippen LogP contribution < -0.4 is 5.32 Å². The molecule has 1 amide bonds. The molecule has 0 saturated carbocycles. The molecule has 0 heterocycles. The number of hydrogen-bond donors (Lipinski definition) is 1. The normalized spacial score (nSPS) is 10.2. The number of carbonyl (C=O) groups is 1. The first-order chi connectivity index (χ1) is 10.8. The van der Waals surface area contributed by atoms with Crippen molar-refractivity contribution in [3.8, 4) is 0 Å². The highest BCUT2D eigenvalue weighted by molar-refractivity contribution is 6.44. The fourth-order valence-corrected chi connectivity index (χ4v) is 2.11. The number of non-ortho nitro benzene ring substituents is 1. The number of amides is 1. The molecule has 118 valence electrons. The van der Waals surface area contributed by atoms with E-state index in [4.69, 9.17) is 23.2 Å². The first kappa shape index (κ1) is 16.7. The van der Waals surface area contributed by atoms with E-state index in [1.165, 1.54) is 18.2 Å². The molecule has 0 aliphatic heterocycles. The van der Waals surface area contributed by atoms with E-state index < -0.39 is 27.1 Å².